The average Bonchev–Trinajstić information content (AvgIpc) is 2.68. The number of sulfone groups is 1. The van der Waals surface area contributed by atoms with Crippen LogP contribution in [0, 0.1) is 19.8 Å². The molecular weight excluding hydrogens is 328 g/mol. The van der Waals surface area contributed by atoms with Crippen molar-refractivity contribution in [2.45, 2.75) is 25.1 Å². The third-order valence-corrected chi connectivity index (χ3v) is 6.76. The normalized spacial score (nSPS) is 23.3. The standard InChI is InChI=1S/C14H19BrO3S/c1-9-6-12(7-10(2)14(9)18-3)13(15)11-4-5-19(16,17)8-11/h6-7,11,13H,4-5,8H2,1-3H3. The SMILES string of the molecule is COc1c(C)cc(C(Br)C2CCS(=O)(=O)C2)cc1C. The molecule has 1 saturated heterocycles. The zero-order valence-electron chi connectivity index (χ0n) is 11.4. The summed E-state index contributed by atoms with van der Waals surface area (Å²) in [6.45, 7) is 4.03. The number of halogens is 1. The summed E-state index contributed by atoms with van der Waals surface area (Å²) in [5.41, 5.74) is 3.31. The lowest BCUT2D eigenvalue weighted by Gasteiger charge is -2.19. The van der Waals surface area contributed by atoms with Gasteiger partial charge in [-0.15, -0.1) is 0 Å². The van der Waals surface area contributed by atoms with Crippen molar-refractivity contribution in [1.82, 2.24) is 0 Å². The minimum Gasteiger partial charge on any atom is -0.496 e. The molecule has 0 saturated carbocycles. The van der Waals surface area contributed by atoms with Crippen LogP contribution in [0.3, 0.4) is 0 Å². The lowest BCUT2D eigenvalue weighted by atomic mass is 9.95. The molecule has 1 fully saturated rings. The van der Waals surface area contributed by atoms with Gasteiger partial charge in [0.05, 0.1) is 18.6 Å². The van der Waals surface area contributed by atoms with E-state index in [2.05, 4.69) is 28.1 Å². The Morgan fingerprint density at radius 2 is 1.89 bits per heavy atom. The molecule has 1 aromatic carbocycles. The van der Waals surface area contributed by atoms with Gasteiger partial charge in [-0.05, 0) is 42.9 Å². The second-order valence-electron chi connectivity index (χ2n) is 5.25. The van der Waals surface area contributed by atoms with E-state index < -0.39 is 9.84 Å². The first-order valence-electron chi connectivity index (χ1n) is 6.33. The summed E-state index contributed by atoms with van der Waals surface area (Å²) in [5, 5.41) is 0. The second kappa shape index (κ2) is 5.44. The molecule has 1 aromatic rings. The fraction of sp³-hybridized carbons (Fsp3) is 0.571. The van der Waals surface area contributed by atoms with Crippen molar-refractivity contribution >= 4 is 25.8 Å². The number of hydrogen-bond acceptors (Lipinski definition) is 3. The van der Waals surface area contributed by atoms with Crippen LogP contribution in [0.2, 0.25) is 0 Å². The van der Waals surface area contributed by atoms with Crippen molar-refractivity contribution < 1.29 is 13.2 Å². The smallest absolute Gasteiger partial charge is 0.150 e. The van der Waals surface area contributed by atoms with E-state index in [0.29, 0.717) is 5.75 Å². The third-order valence-electron chi connectivity index (χ3n) is 3.69. The van der Waals surface area contributed by atoms with E-state index in [0.717, 1.165) is 28.9 Å². The number of aryl methyl sites for hydroxylation is 2. The van der Waals surface area contributed by atoms with Crippen LogP contribution in [0.4, 0.5) is 0 Å². The molecule has 0 radical (unpaired) electrons. The molecule has 2 atom stereocenters. The van der Waals surface area contributed by atoms with E-state index in [9.17, 15) is 8.42 Å². The molecule has 0 aliphatic carbocycles. The van der Waals surface area contributed by atoms with Gasteiger partial charge in [0.1, 0.15) is 5.75 Å². The Morgan fingerprint density at radius 1 is 1.32 bits per heavy atom. The third kappa shape index (κ3) is 3.14. The minimum atomic E-state index is -2.84. The van der Waals surface area contributed by atoms with Gasteiger partial charge in [-0.2, -0.15) is 0 Å². The number of benzene rings is 1. The van der Waals surface area contributed by atoms with Gasteiger partial charge in [0, 0.05) is 4.83 Å². The molecule has 1 aliphatic heterocycles. The number of rotatable bonds is 3. The Labute approximate surface area is 123 Å². The van der Waals surface area contributed by atoms with Gasteiger partial charge in [0.2, 0.25) is 0 Å². The lowest BCUT2D eigenvalue weighted by Crippen LogP contribution is -2.10. The van der Waals surface area contributed by atoms with E-state index in [1.54, 1.807) is 7.11 Å². The summed E-state index contributed by atoms with van der Waals surface area (Å²) in [6, 6.07) is 4.16. The molecule has 0 N–H and O–H groups in total. The highest BCUT2D eigenvalue weighted by Gasteiger charge is 2.33. The number of ether oxygens (including phenoxy) is 1. The minimum absolute atomic E-state index is 0.0908. The summed E-state index contributed by atoms with van der Waals surface area (Å²) in [6.07, 6.45) is 0.738. The highest BCUT2D eigenvalue weighted by molar-refractivity contribution is 9.09. The van der Waals surface area contributed by atoms with Gasteiger partial charge in [-0.1, -0.05) is 28.1 Å². The van der Waals surface area contributed by atoms with Crippen LogP contribution in [-0.2, 0) is 9.84 Å². The first-order valence-corrected chi connectivity index (χ1v) is 9.07. The van der Waals surface area contributed by atoms with Crippen LogP contribution in [0.25, 0.3) is 0 Å². The van der Waals surface area contributed by atoms with E-state index >= 15 is 0 Å². The summed E-state index contributed by atoms with van der Waals surface area (Å²) in [7, 11) is -1.17. The molecule has 0 aromatic heterocycles. The van der Waals surface area contributed by atoms with Gasteiger partial charge < -0.3 is 4.74 Å². The fourth-order valence-electron chi connectivity index (χ4n) is 2.79. The Morgan fingerprint density at radius 3 is 2.32 bits per heavy atom. The Bertz CT molecular complexity index is 557. The molecule has 0 spiro atoms. The van der Waals surface area contributed by atoms with E-state index in [-0.39, 0.29) is 16.5 Å². The maximum atomic E-state index is 11.6. The van der Waals surface area contributed by atoms with Crippen molar-refractivity contribution in [3.63, 3.8) is 0 Å². The highest BCUT2D eigenvalue weighted by Crippen LogP contribution is 2.39. The maximum absolute atomic E-state index is 11.6. The van der Waals surface area contributed by atoms with Gasteiger partial charge in [0.15, 0.2) is 9.84 Å². The van der Waals surface area contributed by atoms with Gasteiger partial charge in [-0.25, -0.2) is 8.42 Å². The molecule has 2 unspecified atom stereocenters. The summed E-state index contributed by atoms with van der Waals surface area (Å²) < 4.78 is 28.5. The Balaban J connectivity index is 2.28. The monoisotopic (exact) mass is 346 g/mol. The maximum Gasteiger partial charge on any atom is 0.150 e. The van der Waals surface area contributed by atoms with Crippen LogP contribution < -0.4 is 4.74 Å². The number of hydrogen-bond donors (Lipinski definition) is 0. The molecule has 0 bridgehead atoms. The van der Waals surface area contributed by atoms with Gasteiger partial charge >= 0.3 is 0 Å². The molecule has 5 heteroatoms. The molecule has 19 heavy (non-hydrogen) atoms. The molecular formula is C14H19BrO3S. The van der Waals surface area contributed by atoms with Crippen LogP contribution in [0.15, 0.2) is 12.1 Å². The first kappa shape index (κ1) is 14.9. The van der Waals surface area contributed by atoms with Crippen LogP contribution >= 0.6 is 15.9 Å². The summed E-state index contributed by atoms with van der Waals surface area (Å²) in [5.74, 6) is 1.67. The van der Waals surface area contributed by atoms with E-state index in [1.165, 1.54) is 0 Å². The van der Waals surface area contributed by atoms with Gasteiger partial charge in [-0.3, -0.25) is 0 Å². The topological polar surface area (TPSA) is 43.4 Å². The molecule has 3 nitrogen and oxygen atoms in total. The molecule has 1 aliphatic rings. The zero-order chi connectivity index (χ0) is 14.2. The van der Waals surface area contributed by atoms with Crippen LogP contribution in [0.1, 0.15) is 27.9 Å². The predicted octanol–water partition coefficient (Wildman–Crippen LogP) is 3.18. The molecule has 1 heterocycles. The average molecular weight is 347 g/mol. The quantitative estimate of drug-likeness (QED) is 0.789. The molecule has 0 amide bonds. The second-order valence-corrected chi connectivity index (χ2v) is 8.47. The summed E-state index contributed by atoms with van der Waals surface area (Å²) >= 11 is 3.67. The van der Waals surface area contributed by atoms with Crippen LogP contribution in [-0.4, -0.2) is 27.0 Å². The van der Waals surface area contributed by atoms with Gasteiger partial charge in [0.25, 0.3) is 0 Å². The van der Waals surface area contributed by atoms with E-state index in [4.69, 9.17) is 4.74 Å². The molecule has 106 valence electrons. The van der Waals surface area contributed by atoms with Crippen molar-refractivity contribution in [1.29, 1.82) is 0 Å². The van der Waals surface area contributed by atoms with E-state index in [1.807, 2.05) is 13.8 Å². The van der Waals surface area contributed by atoms with Crippen molar-refractivity contribution in [2.24, 2.45) is 5.92 Å². The lowest BCUT2D eigenvalue weighted by molar-refractivity contribution is 0.408. The summed E-state index contributed by atoms with van der Waals surface area (Å²) in [4.78, 5) is 0.0908. The zero-order valence-corrected chi connectivity index (χ0v) is 13.8. The Kier molecular flexibility index (Phi) is 4.26. The number of methoxy groups -OCH3 is 1. The molecule has 2 rings (SSSR count). The largest absolute Gasteiger partial charge is 0.496 e. The van der Waals surface area contributed by atoms with Crippen molar-refractivity contribution in [3.8, 4) is 5.75 Å². The predicted molar refractivity (Wildman–Crippen MR) is 80.9 cm³/mol. The number of alkyl halides is 1. The van der Waals surface area contributed by atoms with Crippen molar-refractivity contribution in [3.05, 3.63) is 28.8 Å². The van der Waals surface area contributed by atoms with Crippen LogP contribution in [0.5, 0.6) is 5.75 Å². The van der Waals surface area contributed by atoms with Crippen molar-refractivity contribution in [2.75, 3.05) is 18.6 Å². The fourth-order valence-corrected chi connectivity index (χ4v) is 5.59. The Hall–Kier alpha value is -0.550. The first-order chi connectivity index (χ1) is 8.84. The highest BCUT2D eigenvalue weighted by atomic mass is 79.9.